The summed E-state index contributed by atoms with van der Waals surface area (Å²) in [4.78, 5) is 24.8. The molecule has 1 aromatic carbocycles. The van der Waals surface area contributed by atoms with E-state index in [0.29, 0.717) is 17.5 Å². The Morgan fingerprint density at radius 3 is 2.43 bits per heavy atom. The van der Waals surface area contributed by atoms with Crippen LogP contribution in [0.25, 0.3) is 0 Å². The topological polar surface area (TPSA) is 55.4 Å². The van der Waals surface area contributed by atoms with Crippen molar-refractivity contribution in [3.8, 4) is 0 Å². The first kappa shape index (κ1) is 22.2. The van der Waals surface area contributed by atoms with Crippen LogP contribution in [0.1, 0.15) is 74.9 Å². The molecule has 156 valence electrons. The number of rotatable bonds is 5. The molecule has 7 heteroatoms. The number of benzene rings is 1. The molecule has 4 nitrogen and oxygen atoms in total. The molecule has 0 aromatic heterocycles. The van der Waals surface area contributed by atoms with Crippen LogP contribution in [0.5, 0.6) is 0 Å². The largest absolute Gasteiger partial charge is 0.444 e. The van der Waals surface area contributed by atoms with E-state index in [1.165, 1.54) is 6.07 Å². The molecule has 1 aliphatic rings. The van der Waals surface area contributed by atoms with Gasteiger partial charge in [-0.3, -0.25) is 4.79 Å². The molecule has 0 heterocycles. The summed E-state index contributed by atoms with van der Waals surface area (Å²) in [7, 11) is 0. The Kier molecular flexibility index (Phi) is 6.78. The predicted octanol–water partition coefficient (Wildman–Crippen LogP) is 5.53. The van der Waals surface area contributed by atoms with E-state index >= 15 is 0 Å². The first-order valence-corrected chi connectivity index (χ1v) is 9.63. The van der Waals surface area contributed by atoms with Crippen molar-refractivity contribution in [1.82, 2.24) is 5.32 Å². The van der Waals surface area contributed by atoms with Gasteiger partial charge in [-0.15, -0.1) is 0 Å². The number of amides is 1. The fraction of sp³-hybridized carbons (Fsp3) is 0.619. The highest BCUT2D eigenvalue weighted by Crippen LogP contribution is 2.33. The number of carbonyl (C=O) groups excluding carboxylic acids is 2. The van der Waals surface area contributed by atoms with E-state index in [0.717, 1.165) is 31.4 Å². The van der Waals surface area contributed by atoms with Gasteiger partial charge in [0.25, 0.3) is 0 Å². The third kappa shape index (κ3) is 5.97. The van der Waals surface area contributed by atoms with Crippen LogP contribution in [0, 0.1) is 5.92 Å². The lowest BCUT2D eigenvalue weighted by atomic mass is 9.90. The van der Waals surface area contributed by atoms with E-state index in [4.69, 9.17) is 4.74 Å². The smallest absolute Gasteiger partial charge is 0.416 e. The maximum absolute atomic E-state index is 12.9. The molecule has 1 saturated carbocycles. The van der Waals surface area contributed by atoms with Gasteiger partial charge in [0.1, 0.15) is 5.60 Å². The predicted molar refractivity (Wildman–Crippen MR) is 100 cm³/mol. The second-order valence-corrected chi connectivity index (χ2v) is 8.29. The fourth-order valence-corrected chi connectivity index (χ4v) is 3.61. The van der Waals surface area contributed by atoms with E-state index in [1.807, 2.05) is 0 Å². The summed E-state index contributed by atoms with van der Waals surface area (Å²) in [6.45, 7) is 7.06. The number of aryl methyl sites for hydroxylation is 1. The van der Waals surface area contributed by atoms with Crippen molar-refractivity contribution in [2.75, 3.05) is 0 Å². The average Bonchev–Trinajstić information content (AvgIpc) is 2.98. The van der Waals surface area contributed by atoms with Crippen molar-refractivity contribution in [3.63, 3.8) is 0 Å². The van der Waals surface area contributed by atoms with Crippen molar-refractivity contribution in [3.05, 3.63) is 34.9 Å². The Morgan fingerprint density at radius 2 is 1.86 bits per heavy atom. The van der Waals surface area contributed by atoms with Gasteiger partial charge in [0.05, 0.1) is 5.56 Å². The van der Waals surface area contributed by atoms with Crippen LogP contribution in [-0.2, 0) is 17.3 Å². The monoisotopic (exact) mass is 399 g/mol. The lowest BCUT2D eigenvalue weighted by Gasteiger charge is -2.24. The summed E-state index contributed by atoms with van der Waals surface area (Å²) in [5, 5.41) is 2.84. The van der Waals surface area contributed by atoms with Gasteiger partial charge in [0, 0.05) is 18.0 Å². The molecule has 0 unspecified atom stereocenters. The molecule has 1 aliphatic carbocycles. The molecule has 1 N–H and O–H groups in total. The van der Waals surface area contributed by atoms with Gasteiger partial charge < -0.3 is 10.1 Å². The molecule has 0 saturated heterocycles. The average molecular weight is 399 g/mol. The minimum Gasteiger partial charge on any atom is -0.444 e. The molecule has 0 spiro atoms. The van der Waals surface area contributed by atoms with Crippen LogP contribution < -0.4 is 5.32 Å². The van der Waals surface area contributed by atoms with Crippen molar-refractivity contribution < 1.29 is 27.5 Å². The standard InChI is InChI=1S/C21H28F3NO3/c1-5-13-11-15(21(22,23)24)9-10-16(13)18(26)12-14-7-6-8-17(14)25-19(27)28-20(2,3)4/h9-11,14,17H,5-8,12H2,1-4H3,(H,25,27)/t14-,17-/m1/s1. The highest BCUT2D eigenvalue weighted by Gasteiger charge is 2.34. The zero-order chi connectivity index (χ0) is 21.1. The minimum absolute atomic E-state index is 0.0491. The number of ether oxygens (including phenoxy) is 1. The van der Waals surface area contributed by atoms with Crippen LogP contribution in [0.15, 0.2) is 18.2 Å². The maximum Gasteiger partial charge on any atom is 0.416 e. The molecule has 1 aromatic rings. The molecular weight excluding hydrogens is 371 g/mol. The first-order chi connectivity index (χ1) is 12.9. The van der Waals surface area contributed by atoms with E-state index < -0.39 is 23.4 Å². The maximum atomic E-state index is 12.9. The molecule has 1 amide bonds. The number of alkyl carbamates (subject to hydrolysis) is 1. The summed E-state index contributed by atoms with van der Waals surface area (Å²) in [5.41, 5.74) is -0.622. The summed E-state index contributed by atoms with van der Waals surface area (Å²) >= 11 is 0. The van der Waals surface area contributed by atoms with Gasteiger partial charge in [-0.2, -0.15) is 13.2 Å². The summed E-state index contributed by atoms with van der Waals surface area (Å²) in [5.74, 6) is -0.236. The number of alkyl halides is 3. The van der Waals surface area contributed by atoms with Gasteiger partial charge in [-0.05, 0) is 63.6 Å². The van der Waals surface area contributed by atoms with E-state index in [-0.39, 0.29) is 24.2 Å². The number of carbonyl (C=O) groups is 2. The minimum atomic E-state index is -4.43. The number of hydrogen-bond acceptors (Lipinski definition) is 3. The normalized spacial score (nSPS) is 20.1. The van der Waals surface area contributed by atoms with Crippen molar-refractivity contribution in [2.24, 2.45) is 5.92 Å². The molecule has 0 bridgehead atoms. The Balaban J connectivity index is 2.08. The lowest BCUT2D eigenvalue weighted by molar-refractivity contribution is -0.137. The Morgan fingerprint density at radius 1 is 1.18 bits per heavy atom. The van der Waals surface area contributed by atoms with Gasteiger partial charge >= 0.3 is 12.3 Å². The number of halogens is 3. The SMILES string of the molecule is CCc1cc(C(F)(F)F)ccc1C(=O)C[C@H]1CCC[C@H]1NC(=O)OC(C)(C)C. The number of nitrogens with one attached hydrogen (secondary N) is 1. The highest BCUT2D eigenvalue weighted by molar-refractivity contribution is 5.97. The molecule has 1 fully saturated rings. The highest BCUT2D eigenvalue weighted by atomic mass is 19.4. The van der Waals surface area contributed by atoms with E-state index in [9.17, 15) is 22.8 Å². The zero-order valence-corrected chi connectivity index (χ0v) is 16.8. The summed E-state index contributed by atoms with van der Waals surface area (Å²) in [6.07, 6.45) is -1.99. The van der Waals surface area contributed by atoms with Gasteiger partial charge in [-0.25, -0.2) is 4.79 Å². The van der Waals surface area contributed by atoms with Crippen molar-refractivity contribution >= 4 is 11.9 Å². The van der Waals surface area contributed by atoms with Crippen LogP contribution in [0.4, 0.5) is 18.0 Å². The molecular formula is C21H28F3NO3. The van der Waals surface area contributed by atoms with Gasteiger partial charge in [-0.1, -0.05) is 19.4 Å². The fourth-order valence-electron chi connectivity index (χ4n) is 3.61. The third-order valence-electron chi connectivity index (χ3n) is 4.92. The zero-order valence-electron chi connectivity index (χ0n) is 16.8. The lowest BCUT2D eigenvalue weighted by Crippen LogP contribution is -2.41. The Hall–Kier alpha value is -2.05. The van der Waals surface area contributed by atoms with Gasteiger partial charge in [0.15, 0.2) is 5.78 Å². The molecule has 0 aliphatic heterocycles. The molecule has 2 rings (SSSR count). The summed E-state index contributed by atoms with van der Waals surface area (Å²) in [6, 6.07) is 3.11. The molecule has 0 radical (unpaired) electrons. The Bertz CT molecular complexity index is 723. The first-order valence-electron chi connectivity index (χ1n) is 9.63. The number of ketones is 1. The van der Waals surface area contributed by atoms with Crippen LogP contribution in [0.3, 0.4) is 0 Å². The summed E-state index contributed by atoms with van der Waals surface area (Å²) < 4.78 is 44.0. The quantitative estimate of drug-likeness (QED) is 0.662. The molecule has 2 atom stereocenters. The van der Waals surface area contributed by atoms with E-state index in [2.05, 4.69) is 5.32 Å². The van der Waals surface area contributed by atoms with Crippen LogP contribution in [0.2, 0.25) is 0 Å². The Labute approximate surface area is 163 Å². The second kappa shape index (κ2) is 8.53. The number of hydrogen-bond donors (Lipinski definition) is 1. The van der Waals surface area contributed by atoms with Crippen molar-refractivity contribution in [2.45, 2.75) is 77.6 Å². The van der Waals surface area contributed by atoms with Crippen LogP contribution >= 0.6 is 0 Å². The van der Waals surface area contributed by atoms with Crippen molar-refractivity contribution in [1.29, 1.82) is 0 Å². The van der Waals surface area contributed by atoms with E-state index in [1.54, 1.807) is 27.7 Å². The molecule has 28 heavy (non-hydrogen) atoms. The third-order valence-corrected chi connectivity index (χ3v) is 4.92. The van der Waals surface area contributed by atoms with Gasteiger partial charge in [0.2, 0.25) is 0 Å². The van der Waals surface area contributed by atoms with Crippen LogP contribution in [-0.4, -0.2) is 23.5 Å². The second-order valence-electron chi connectivity index (χ2n) is 8.29. The number of Topliss-reactive ketones (excluding diaryl/α,β-unsaturated/α-hetero) is 1.